The molecule has 10 heavy (non-hydrogen) atoms. The van der Waals surface area contributed by atoms with Gasteiger partial charge in [0.1, 0.15) is 9.68 Å². The van der Waals surface area contributed by atoms with Gasteiger partial charge in [-0.25, -0.2) is 0 Å². The molecule has 0 aromatic heterocycles. The van der Waals surface area contributed by atoms with E-state index in [1.807, 2.05) is 0 Å². The Labute approximate surface area is 67.0 Å². The molecule has 0 unspecified atom stereocenters. The molecule has 0 rings (SSSR count). The third-order valence-electron chi connectivity index (χ3n) is 1.65. The number of hydrogen-bond acceptors (Lipinski definition) is 1. The average molecular weight is 157 g/mol. The lowest BCUT2D eigenvalue weighted by Gasteiger charge is -2.05. The summed E-state index contributed by atoms with van der Waals surface area (Å²) >= 11 is 0. The summed E-state index contributed by atoms with van der Waals surface area (Å²) in [6, 6.07) is 0. The van der Waals surface area contributed by atoms with Crippen LogP contribution in [0.4, 0.5) is 0 Å². The zero-order valence-corrected chi connectivity index (χ0v) is 9.06. The predicted octanol–water partition coefficient (Wildman–Crippen LogP) is 1.34. The first kappa shape index (κ1) is 9.92. The molecule has 2 heteroatoms. The summed E-state index contributed by atoms with van der Waals surface area (Å²) in [6.07, 6.45) is 2.47. The van der Waals surface area contributed by atoms with E-state index < -0.39 is 0 Å². The minimum Gasteiger partial charge on any atom is -0.331 e. The van der Waals surface area contributed by atoms with Crippen LogP contribution in [-0.2, 0) is 0 Å². The highest BCUT2D eigenvalue weighted by Crippen LogP contribution is 2.03. The van der Waals surface area contributed by atoms with E-state index >= 15 is 0 Å². The zero-order chi connectivity index (χ0) is 7.98. The van der Waals surface area contributed by atoms with Gasteiger partial charge in [0.25, 0.3) is 0 Å². The van der Waals surface area contributed by atoms with Crippen LogP contribution in [-0.4, -0.2) is 28.3 Å². The fourth-order valence-corrected chi connectivity index (χ4v) is 2.05. The molecule has 0 fully saturated rings. The summed E-state index contributed by atoms with van der Waals surface area (Å²) in [5, 5.41) is 0. The maximum absolute atomic E-state index is 2.46. The Balaban J connectivity index is 3.63. The van der Waals surface area contributed by atoms with Crippen LogP contribution in [0.15, 0.2) is 11.3 Å². The maximum atomic E-state index is 2.46. The largest absolute Gasteiger partial charge is 0.331 e. The first-order valence-corrected chi connectivity index (χ1v) is 5.48. The third kappa shape index (κ3) is 4.76. The molecule has 0 spiro atoms. The van der Waals surface area contributed by atoms with Gasteiger partial charge in [0.2, 0.25) is 0 Å². The lowest BCUT2D eigenvalue weighted by molar-refractivity contribution is 0.667. The Kier molecular flexibility index (Phi) is 5.64. The van der Waals surface area contributed by atoms with Gasteiger partial charge in [-0.3, -0.25) is 0 Å². The van der Waals surface area contributed by atoms with Crippen molar-refractivity contribution < 1.29 is 0 Å². The highest BCUT2D eigenvalue weighted by molar-refractivity contribution is 6.38. The van der Waals surface area contributed by atoms with Crippen molar-refractivity contribution >= 4 is 9.68 Å². The van der Waals surface area contributed by atoms with Gasteiger partial charge in [0, 0.05) is 0 Å². The molecule has 0 aliphatic carbocycles. The van der Waals surface area contributed by atoms with Crippen molar-refractivity contribution in [1.82, 2.24) is 4.57 Å². The van der Waals surface area contributed by atoms with Gasteiger partial charge in [-0.1, -0.05) is 25.1 Å². The number of allylic oxidation sites excluding steroid dienone is 1. The van der Waals surface area contributed by atoms with Gasteiger partial charge < -0.3 is 4.57 Å². The monoisotopic (exact) mass is 157 g/mol. The molecule has 60 valence electrons. The Hall–Kier alpha value is -0.0831. The molecule has 0 atom stereocenters. The van der Waals surface area contributed by atoms with Crippen LogP contribution in [0, 0.1) is 0 Å². The number of rotatable bonds is 4. The molecule has 0 saturated heterocycles. The van der Waals surface area contributed by atoms with Crippen molar-refractivity contribution in [1.29, 1.82) is 0 Å². The molecule has 0 radical (unpaired) electrons. The van der Waals surface area contributed by atoms with E-state index in [0.29, 0.717) is 0 Å². The van der Waals surface area contributed by atoms with Gasteiger partial charge in [0.15, 0.2) is 0 Å². The Bertz CT molecular complexity index is 102. The summed E-state index contributed by atoms with van der Waals surface area (Å²) in [7, 11) is 4.26. The van der Waals surface area contributed by atoms with Crippen LogP contribution in [0.25, 0.3) is 0 Å². The van der Waals surface area contributed by atoms with E-state index in [1.165, 1.54) is 12.8 Å². The van der Waals surface area contributed by atoms with Crippen LogP contribution in [0.5, 0.6) is 0 Å². The Morgan fingerprint density at radius 2 is 1.80 bits per heavy atom. The second-order valence-corrected chi connectivity index (χ2v) is 4.87. The van der Waals surface area contributed by atoms with Crippen LogP contribution >= 0.6 is 0 Å². The van der Waals surface area contributed by atoms with Gasteiger partial charge in [-0.05, 0) is 26.9 Å². The molecule has 0 aromatic carbocycles. The van der Waals surface area contributed by atoms with Crippen LogP contribution < -0.4 is 0 Å². The van der Waals surface area contributed by atoms with Crippen LogP contribution in [0.1, 0.15) is 26.7 Å². The van der Waals surface area contributed by atoms with Crippen molar-refractivity contribution in [2.45, 2.75) is 26.7 Å². The first-order valence-electron chi connectivity index (χ1n) is 4.03. The number of hydrogen-bond donors (Lipinski definition) is 0. The third-order valence-corrected chi connectivity index (χ3v) is 3.14. The van der Waals surface area contributed by atoms with Gasteiger partial charge in [0.05, 0.1) is 0 Å². The van der Waals surface area contributed by atoms with Crippen molar-refractivity contribution in [3.63, 3.8) is 0 Å². The second kappa shape index (κ2) is 5.68. The van der Waals surface area contributed by atoms with Gasteiger partial charge in [-0.2, -0.15) is 0 Å². The summed E-state index contributed by atoms with van der Waals surface area (Å²) in [5.41, 5.74) is 4.08. The van der Waals surface area contributed by atoms with E-state index in [0.717, 1.165) is 0 Å². The molecule has 0 bridgehead atoms. The van der Waals surface area contributed by atoms with E-state index in [4.69, 9.17) is 0 Å². The SMILES string of the molecule is CCC(=C[SiH2]N(C)C)CC. The Morgan fingerprint density at radius 3 is 2.10 bits per heavy atom. The van der Waals surface area contributed by atoms with Crippen molar-refractivity contribution in [2.75, 3.05) is 14.1 Å². The maximum Gasteiger partial charge on any atom is 0.119 e. The summed E-state index contributed by atoms with van der Waals surface area (Å²) in [6.45, 7) is 4.47. The zero-order valence-electron chi connectivity index (χ0n) is 7.65. The van der Waals surface area contributed by atoms with Crippen LogP contribution in [0.3, 0.4) is 0 Å². The van der Waals surface area contributed by atoms with Crippen molar-refractivity contribution in [3.8, 4) is 0 Å². The van der Waals surface area contributed by atoms with E-state index in [9.17, 15) is 0 Å². The number of nitrogens with zero attached hydrogens (tertiary/aromatic N) is 1. The average Bonchev–Trinajstić information content (AvgIpc) is 1.90. The molecule has 0 aliphatic rings. The lowest BCUT2D eigenvalue weighted by Crippen LogP contribution is -2.15. The van der Waals surface area contributed by atoms with Crippen molar-refractivity contribution in [3.05, 3.63) is 11.3 Å². The molecule has 1 nitrogen and oxygen atoms in total. The van der Waals surface area contributed by atoms with E-state index in [-0.39, 0.29) is 9.68 Å². The summed E-state index contributed by atoms with van der Waals surface area (Å²) < 4.78 is 2.32. The van der Waals surface area contributed by atoms with Crippen LogP contribution in [0.2, 0.25) is 0 Å². The molecular formula is C8H19NSi. The quantitative estimate of drug-likeness (QED) is 0.557. The lowest BCUT2D eigenvalue weighted by atomic mass is 10.2. The van der Waals surface area contributed by atoms with Gasteiger partial charge >= 0.3 is 0 Å². The fourth-order valence-electron chi connectivity index (χ4n) is 0.850. The summed E-state index contributed by atoms with van der Waals surface area (Å²) in [4.78, 5) is 0. The highest BCUT2D eigenvalue weighted by Gasteiger charge is 1.90. The normalized spacial score (nSPS) is 11.3. The Morgan fingerprint density at radius 1 is 1.30 bits per heavy atom. The van der Waals surface area contributed by atoms with Crippen molar-refractivity contribution in [2.24, 2.45) is 0 Å². The van der Waals surface area contributed by atoms with E-state index in [2.05, 4.69) is 38.2 Å². The minimum absolute atomic E-state index is 0.0520. The first-order chi connectivity index (χ1) is 4.70. The smallest absolute Gasteiger partial charge is 0.119 e. The molecule has 0 amide bonds. The fraction of sp³-hybridized carbons (Fsp3) is 0.750. The second-order valence-electron chi connectivity index (χ2n) is 2.83. The molecule has 0 heterocycles. The molecule has 0 saturated carbocycles. The van der Waals surface area contributed by atoms with E-state index in [1.54, 1.807) is 5.57 Å². The highest BCUT2D eigenvalue weighted by atomic mass is 28.2. The molecular weight excluding hydrogens is 138 g/mol. The predicted molar refractivity (Wildman–Crippen MR) is 50.9 cm³/mol. The molecule has 0 aliphatic heterocycles. The molecule has 0 N–H and O–H groups in total. The molecule has 0 aromatic rings. The van der Waals surface area contributed by atoms with Gasteiger partial charge in [-0.15, -0.1) is 0 Å². The summed E-state index contributed by atoms with van der Waals surface area (Å²) in [5.74, 6) is 0. The topological polar surface area (TPSA) is 3.24 Å². The minimum atomic E-state index is -0.0520. The standard InChI is InChI=1S/C8H19NSi/c1-5-8(6-2)7-10-9(3)4/h7H,5-6,10H2,1-4H3.